The lowest BCUT2D eigenvalue weighted by molar-refractivity contribution is 0.0119. The van der Waals surface area contributed by atoms with Crippen molar-refractivity contribution >= 4 is 5.97 Å². The van der Waals surface area contributed by atoms with Crippen molar-refractivity contribution in [1.29, 1.82) is 0 Å². The lowest BCUT2D eigenvalue weighted by Gasteiger charge is -2.16. The van der Waals surface area contributed by atoms with Crippen molar-refractivity contribution in [2.45, 2.75) is 13.0 Å². The fourth-order valence-corrected chi connectivity index (χ4v) is 2.85. The predicted molar refractivity (Wildman–Crippen MR) is 102 cm³/mol. The van der Waals surface area contributed by atoms with E-state index in [1.165, 1.54) is 7.11 Å². The first-order chi connectivity index (χ1) is 13.1. The molecule has 0 aliphatic heterocycles. The van der Waals surface area contributed by atoms with Crippen LogP contribution in [0.1, 0.15) is 17.3 Å². The summed E-state index contributed by atoms with van der Waals surface area (Å²) in [4.78, 5) is 25.3. The summed E-state index contributed by atoms with van der Waals surface area (Å²) in [7, 11) is 1.52. The molecule has 1 heterocycles. The highest BCUT2D eigenvalue weighted by Gasteiger charge is 2.25. The van der Waals surface area contributed by atoms with Gasteiger partial charge in [0.2, 0.25) is 0 Å². The summed E-state index contributed by atoms with van der Waals surface area (Å²) < 4.78 is 10.4. The SMILES string of the molecule is COCC(C)OC(=O)c1c(-c2ccccc2)c(-c2ccccc2)n[nH]c1=O. The van der Waals surface area contributed by atoms with Crippen molar-refractivity contribution in [3.05, 3.63) is 76.6 Å². The number of aromatic amines is 1. The van der Waals surface area contributed by atoms with Crippen LogP contribution in [0.2, 0.25) is 0 Å². The molecular formula is C21H20N2O4. The lowest BCUT2D eigenvalue weighted by atomic mass is 9.95. The largest absolute Gasteiger partial charge is 0.456 e. The van der Waals surface area contributed by atoms with Crippen molar-refractivity contribution < 1.29 is 14.3 Å². The lowest BCUT2D eigenvalue weighted by Crippen LogP contribution is -2.27. The first kappa shape index (κ1) is 18.5. The number of aromatic nitrogens is 2. The van der Waals surface area contributed by atoms with E-state index in [9.17, 15) is 9.59 Å². The van der Waals surface area contributed by atoms with Crippen LogP contribution in [-0.2, 0) is 9.47 Å². The molecule has 6 nitrogen and oxygen atoms in total. The molecule has 0 bridgehead atoms. The van der Waals surface area contributed by atoms with Gasteiger partial charge in [0, 0.05) is 18.2 Å². The zero-order chi connectivity index (χ0) is 19.2. The highest BCUT2D eigenvalue weighted by molar-refractivity contribution is 6.00. The van der Waals surface area contributed by atoms with Gasteiger partial charge in [0.05, 0.1) is 12.3 Å². The average Bonchev–Trinajstić information content (AvgIpc) is 2.69. The van der Waals surface area contributed by atoms with Gasteiger partial charge >= 0.3 is 5.97 Å². The van der Waals surface area contributed by atoms with Crippen LogP contribution in [0.3, 0.4) is 0 Å². The van der Waals surface area contributed by atoms with Crippen LogP contribution < -0.4 is 5.56 Å². The number of esters is 1. The van der Waals surface area contributed by atoms with Crippen molar-refractivity contribution in [3.63, 3.8) is 0 Å². The molecule has 0 aliphatic carbocycles. The Bertz CT molecular complexity index is 968. The molecule has 138 valence electrons. The van der Waals surface area contributed by atoms with Gasteiger partial charge in [-0.3, -0.25) is 4.79 Å². The minimum atomic E-state index is -0.709. The maximum Gasteiger partial charge on any atom is 0.344 e. The summed E-state index contributed by atoms with van der Waals surface area (Å²) in [6, 6.07) is 18.6. The Morgan fingerprint density at radius 2 is 1.63 bits per heavy atom. The molecule has 0 saturated heterocycles. The quantitative estimate of drug-likeness (QED) is 0.679. The molecule has 6 heteroatoms. The maximum atomic E-state index is 12.8. The van der Waals surface area contributed by atoms with Crippen molar-refractivity contribution in [2.75, 3.05) is 13.7 Å². The Morgan fingerprint density at radius 1 is 1.04 bits per heavy atom. The molecule has 1 aromatic heterocycles. The van der Waals surface area contributed by atoms with Crippen LogP contribution in [0.4, 0.5) is 0 Å². The van der Waals surface area contributed by atoms with Gasteiger partial charge in [0.25, 0.3) is 5.56 Å². The highest BCUT2D eigenvalue weighted by atomic mass is 16.6. The van der Waals surface area contributed by atoms with Crippen molar-refractivity contribution in [3.8, 4) is 22.4 Å². The molecule has 3 rings (SSSR count). The first-order valence-electron chi connectivity index (χ1n) is 8.55. The third kappa shape index (κ3) is 4.12. The third-order valence-electron chi connectivity index (χ3n) is 4.01. The fourth-order valence-electron chi connectivity index (χ4n) is 2.85. The molecule has 1 N–H and O–H groups in total. The van der Waals surface area contributed by atoms with Gasteiger partial charge in [-0.25, -0.2) is 9.89 Å². The van der Waals surface area contributed by atoms with E-state index in [4.69, 9.17) is 9.47 Å². The van der Waals surface area contributed by atoms with Gasteiger partial charge in [-0.1, -0.05) is 60.7 Å². The summed E-state index contributed by atoms with van der Waals surface area (Å²) >= 11 is 0. The second-order valence-corrected chi connectivity index (χ2v) is 6.05. The van der Waals surface area contributed by atoms with Crippen LogP contribution in [-0.4, -0.2) is 36.0 Å². The zero-order valence-corrected chi connectivity index (χ0v) is 15.1. The van der Waals surface area contributed by atoms with E-state index >= 15 is 0 Å². The Kier molecular flexibility index (Phi) is 5.78. The van der Waals surface area contributed by atoms with Crippen LogP contribution in [0.5, 0.6) is 0 Å². The van der Waals surface area contributed by atoms with E-state index in [0.717, 1.165) is 5.56 Å². The molecule has 1 unspecified atom stereocenters. The summed E-state index contributed by atoms with van der Waals surface area (Å²) in [6.45, 7) is 1.94. The number of nitrogens with zero attached hydrogens (tertiary/aromatic N) is 1. The predicted octanol–water partition coefficient (Wildman–Crippen LogP) is 3.30. The Morgan fingerprint density at radius 3 is 2.22 bits per heavy atom. The standard InChI is InChI=1S/C21H20N2O4/c1-14(13-26-2)27-21(25)18-17(15-9-5-3-6-10-15)19(22-23-20(18)24)16-11-7-4-8-12-16/h3-12,14H,13H2,1-2H3,(H,23,24). The Labute approximate surface area is 156 Å². The number of methoxy groups -OCH3 is 1. The van der Waals surface area contributed by atoms with Gasteiger partial charge in [-0.05, 0) is 12.5 Å². The summed E-state index contributed by atoms with van der Waals surface area (Å²) in [5.74, 6) is -0.709. The molecule has 0 aliphatic rings. The molecule has 0 radical (unpaired) electrons. The monoisotopic (exact) mass is 364 g/mol. The molecule has 1 atom stereocenters. The number of rotatable bonds is 6. The maximum absolute atomic E-state index is 12.8. The van der Waals surface area contributed by atoms with E-state index < -0.39 is 17.6 Å². The van der Waals surface area contributed by atoms with Crippen molar-refractivity contribution in [2.24, 2.45) is 0 Å². The molecule has 3 aromatic rings. The third-order valence-corrected chi connectivity index (χ3v) is 4.01. The molecule has 27 heavy (non-hydrogen) atoms. The van der Waals surface area contributed by atoms with Crippen LogP contribution in [0.15, 0.2) is 65.5 Å². The summed E-state index contributed by atoms with van der Waals surface area (Å²) in [5, 5.41) is 6.64. The fraction of sp³-hybridized carbons (Fsp3) is 0.190. The summed E-state index contributed by atoms with van der Waals surface area (Å²) in [6.07, 6.45) is -0.487. The van der Waals surface area contributed by atoms with Crippen LogP contribution >= 0.6 is 0 Å². The number of H-pyrrole nitrogens is 1. The minimum absolute atomic E-state index is 0.0713. The van der Waals surface area contributed by atoms with Crippen LogP contribution in [0.25, 0.3) is 22.4 Å². The highest BCUT2D eigenvalue weighted by Crippen LogP contribution is 2.31. The topological polar surface area (TPSA) is 81.3 Å². The number of carbonyl (C=O) groups is 1. The van der Waals surface area contributed by atoms with E-state index in [0.29, 0.717) is 16.8 Å². The second kappa shape index (κ2) is 8.42. The molecular weight excluding hydrogens is 344 g/mol. The first-order valence-corrected chi connectivity index (χ1v) is 8.55. The van der Waals surface area contributed by atoms with Gasteiger partial charge in [0.1, 0.15) is 11.7 Å². The number of hydrogen-bond acceptors (Lipinski definition) is 5. The van der Waals surface area contributed by atoms with Gasteiger partial charge in [-0.15, -0.1) is 0 Å². The number of hydrogen-bond donors (Lipinski definition) is 1. The van der Waals surface area contributed by atoms with E-state index in [1.807, 2.05) is 60.7 Å². The molecule has 0 saturated carbocycles. The van der Waals surface area contributed by atoms with E-state index in [1.54, 1.807) is 6.92 Å². The van der Waals surface area contributed by atoms with Crippen molar-refractivity contribution in [1.82, 2.24) is 10.2 Å². The second-order valence-electron chi connectivity index (χ2n) is 6.05. The Hall–Kier alpha value is -3.25. The smallest absolute Gasteiger partial charge is 0.344 e. The van der Waals surface area contributed by atoms with Gasteiger partial charge in [0.15, 0.2) is 0 Å². The number of ether oxygens (including phenoxy) is 2. The summed E-state index contributed by atoms with van der Waals surface area (Å²) in [5.41, 5.74) is 1.78. The van der Waals surface area contributed by atoms with E-state index in [2.05, 4.69) is 10.2 Å². The van der Waals surface area contributed by atoms with Gasteiger partial charge in [-0.2, -0.15) is 5.10 Å². The van der Waals surface area contributed by atoms with Gasteiger partial charge < -0.3 is 9.47 Å². The number of carbonyl (C=O) groups excluding carboxylic acids is 1. The number of nitrogens with one attached hydrogen (secondary N) is 1. The normalized spacial score (nSPS) is 11.8. The molecule has 0 spiro atoms. The molecule has 2 aromatic carbocycles. The van der Waals surface area contributed by atoms with Crippen LogP contribution in [0, 0.1) is 0 Å². The zero-order valence-electron chi connectivity index (χ0n) is 15.1. The molecule has 0 amide bonds. The minimum Gasteiger partial charge on any atom is -0.456 e. The average molecular weight is 364 g/mol. The Balaban J connectivity index is 2.20. The van der Waals surface area contributed by atoms with E-state index in [-0.39, 0.29) is 12.2 Å². The number of benzene rings is 2. The molecule has 0 fully saturated rings.